The summed E-state index contributed by atoms with van der Waals surface area (Å²) in [5, 5.41) is 13.2. The van der Waals surface area contributed by atoms with Gasteiger partial charge in [-0.2, -0.15) is 5.26 Å². The molecule has 0 unspecified atom stereocenters. The number of carbonyl (C=O) groups excluding carboxylic acids is 1. The van der Waals surface area contributed by atoms with Crippen LogP contribution in [-0.2, 0) is 11.2 Å². The molecule has 0 aliphatic heterocycles. The van der Waals surface area contributed by atoms with Crippen molar-refractivity contribution < 1.29 is 4.79 Å². The fraction of sp³-hybridized carbons (Fsp3) is 0.0741. The number of rotatable bonds is 6. The summed E-state index contributed by atoms with van der Waals surface area (Å²) in [6.07, 6.45) is 2.31. The molecule has 3 aromatic carbocycles. The average Bonchev–Trinajstić information content (AvgIpc) is 3.17. The molecule has 0 radical (unpaired) electrons. The molecule has 0 bridgehead atoms. The van der Waals surface area contributed by atoms with Gasteiger partial charge in [-0.15, -0.1) is 11.3 Å². The van der Waals surface area contributed by atoms with Crippen molar-refractivity contribution in [2.45, 2.75) is 6.42 Å². The van der Waals surface area contributed by atoms with E-state index in [0.29, 0.717) is 33.8 Å². The molecule has 0 saturated carbocycles. The summed E-state index contributed by atoms with van der Waals surface area (Å²) in [6.45, 7) is 0.369. The molecule has 4 rings (SSSR count). The Morgan fingerprint density at radius 1 is 1.00 bits per heavy atom. The first-order chi connectivity index (χ1) is 16.6. The van der Waals surface area contributed by atoms with Crippen LogP contribution in [0.2, 0.25) is 5.02 Å². The van der Waals surface area contributed by atoms with Gasteiger partial charge in [0.25, 0.3) is 11.5 Å². The third-order valence-electron chi connectivity index (χ3n) is 5.12. The molecular formula is C27H20ClN3O2S. The van der Waals surface area contributed by atoms with E-state index in [9.17, 15) is 14.9 Å². The van der Waals surface area contributed by atoms with Crippen molar-refractivity contribution in [3.8, 4) is 11.8 Å². The minimum absolute atomic E-state index is 0.113. The normalized spacial score (nSPS) is 12.2. The second-order valence-electron chi connectivity index (χ2n) is 7.39. The van der Waals surface area contributed by atoms with Crippen molar-refractivity contribution in [2.75, 3.05) is 6.54 Å². The number of aromatic nitrogens is 1. The first-order valence-corrected chi connectivity index (χ1v) is 11.8. The fourth-order valence-electron chi connectivity index (χ4n) is 3.44. The summed E-state index contributed by atoms with van der Waals surface area (Å²) in [4.78, 5) is 26.4. The number of nitrogens with one attached hydrogen (secondary N) is 1. The van der Waals surface area contributed by atoms with Crippen LogP contribution in [0, 0.1) is 11.3 Å². The second kappa shape index (κ2) is 10.8. The number of amides is 1. The van der Waals surface area contributed by atoms with Crippen LogP contribution in [0.25, 0.3) is 17.3 Å². The molecule has 1 heterocycles. The molecule has 0 atom stereocenters. The highest BCUT2D eigenvalue weighted by Gasteiger charge is 2.17. The van der Waals surface area contributed by atoms with E-state index in [-0.39, 0.29) is 15.8 Å². The molecule has 0 saturated heterocycles. The number of nitrogens with zero attached hydrogens (tertiary/aromatic N) is 2. The van der Waals surface area contributed by atoms with Crippen molar-refractivity contribution in [1.29, 1.82) is 5.26 Å². The Morgan fingerprint density at radius 3 is 2.32 bits per heavy atom. The molecule has 1 amide bonds. The highest BCUT2D eigenvalue weighted by Crippen LogP contribution is 2.15. The number of nitriles is 1. The number of halogens is 1. The van der Waals surface area contributed by atoms with E-state index in [4.69, 9.17) is 11.6 Å². The van der Waals surface area contributed by atoms with Crippen LogP contribution >= 0.6 is 22.9 Å². The van der Waals surface area contributed by atoms with Gasteiger partial charge in [-0.25, -0.2) is 0 Å². The Balaban J connectivity index is 1.81. The van der Waals surface area contributed by atoms with Crippen LogP contribution in [0.1, 0.15) is 11.1 Å². The lowest BCUT2D eigenvalue weighted by atomic mass is 10.1. The third kappa shape index (κ3) is 5.18. The Labute approximate surface area is 205 Å². The van der Waals surface area contributed by atoms with Crippen LogP contribution in [0.5, 0.6) is 0 Å². The Hall–Kier alpha value is -3.92. The minimum Gasteiger partial charge on any atom is -0.351 e. The largest absolute Gasteiger partial charge is 0.351 e. The molecule has 7 heteroatoms. The molecule has 0 aliphatic rings. The van der Waals surface area contributed by atoms with Crippen LogP contribution < -0.4 is 20.1 Å². The highest BCUT2D eigenvalue weighted by atomic mass is 35.5. The van der Waals surface area contributed by atoms with Crippen molar-refractivity contribution in [2.24, 2.45) is 0 Å². The number of hydrogen-bond acceptors (Lipinski definition) is 4. The standard InChI is InChI=1S/C27H20ClN3O2S/c28-23-14-8-7-11-20(23)17-24-26(33)31(21-12-5-2-6-13-21)27(34-24)22(18-29)25(32)30-16-15-19-9-3-1-4-10-19/h1-14,17H,15-16H2,(H,30,32)/b24-17+,27-22+. The van der Waals surface area contributed by atoms with E-state index in [1.165, 1.54) is 4.57 Å². The third-order valence-corrected chi connectivity index (χ3v) is 6.56. The maximum absolute atomic E-state index is 13.4. The summed E-state index contributed by atoms with van der Waals surface area (Å²) in [5.41, 5.74) is 1.89. The van der Waals surface area contributed by atoms with E-state index < -0.39 is 5.91 Å². The van der Waals surface area contributed by atoms with Gasteiger partial charge in [-0.05, 0) is 41.8 Å². The summed E-state index contributed by atoms with van der Waals surface area (Å²) in [6, 6.07) is 27.9. The number of carbonyl (C=O) groups is 1. The molecule has 0 spiro atoms. The van der Waals surface area contributed by atoms with Crippen LogP contribution in [0.15, 0.2) is 89.7 Å². The van der Waals surface area contributed by atoms with Gasteiger partial charge >= 0.3 is 0 Å². The van der Waals surface area contributed by atoms with Crippen LogP contribution in [0.3, 0.4) is 0 Å². The Kier molecular flexibility index (Phi) is 7.38. The van der Waals surface area contributed by atoms with Crippen LogP contribution in [0.4, 0.5) is 0 Å². The number of hydrogen-bond donors (Lipinski definition) is 1. The topological polar surface area (TPSA) is 74.9 Å². The zero-order chi connectivity index (χ0) is 23.9. The van der Waals surface area contributed by atoms with E-state index in [1.807, 2.05) is 54.6 Å². The predicted octanol–water partition coefficient (Wildman–Crippen LogP) is 3.41. The molecule has 34 heavy (non-hydrogen) atoms. The molecule has 168 valence electrons. The van der Waals surface area contributed by atoms with E-state index in [2.05, 4.69) is 5.32 Å². The minimum atomic E-state index is -0.520. The molecule has 5 nitrogen and oxygen atoms in total. The number of thiazole rings is 1. The lowest BCUT2D eigenvalue weighted by Gasteiger charge is -2.06. The Morgan fingerprint density at radius 2 is 1.65 bits per heavy atom. The van der Waals surface area contributed by atoms with Gasteiger partial charge in [0.05, 0.1) is 10.2 Å². The first kappa shape index (κ1) is 23.2. The SMILES string of the molecule is N#C/C(C(=O)NCCc1ccccc1)=c1\s/c(=C/c2ccccc2Cl)c(=O)n1-c1ccccc1. The van der Waals surface area contributed by atoms with Gasteiger partial charge in [0, 0.05) is 11.6 Å². The van der Waals surface area contributed by atoms with Gasteiger partial charge in [-0.3, -0.25) is 14.2 Å². The van der Waals surface area contributed by atoms with Gasteiger partial charge in [-0.1, -0.05) is 78.3 Å². The van der Waals surface area contributed by atoms with Gasteiger partial charge in [0.1, 0.15) is 10.7 Å². The summed E-state index contributed by atoms with van der Waals surface area (Å²) in [5.74, 6) is -0.520. The van der Waals surface area contributed by atoms with Crippen LogP contribution in [-0.4, -0.2) is 17.0 Å². The predicted molar refractivity (Wildman–Crippen MR) is 136 cm³/mol. The molecular weight excluding hydrogens is 466 g/mol. The zero-order valence-electron chi connectivity index (χ0n) is 18.1. The number of para-hydroxylation sites is 1. The zero-order valence-corrected chi connectivity index (χ0v) is 19.6. The van der Waals surface area contributed by atoms with Crippen molar-refractivity contribution in [1.82, 2.24) is 9.88 Å². The monoisotopic (exact) mass is 485 g/mol. The molecule has 1 aromatic heterocycles. The van der Waals surface area contributed by atoms with E-state index >= 15 is 0 Å². The average molecular weight is 486 g/mol. The van der Waals surface area contributed by atoms with Gasteiger partial charge in [0.15, 0.2) is 5.57 Å². The van der Waals surface area contributed by atoms with Gasteiger partial charge in [0.2, 0.25) is 0 Å². The number of benzene rings is 3. The van der Waals surface area contributed by atoms with Crippen molar-refractivity contribution in [3.05, 3.63) is 121 Å². The summed E-state index contributed by atoms with van der Waals surface area (Å²) >= 11 is 7.37. The van der Waals surface area contributed by atoms with E-state index in [1.54, 1.807) is 42.5 Å². The second-order valence-corrected chi connectivity index (χ2v) is 8.83. The maximum Gasteiger partial charge on any atom is 0.273 e. The quantitative estimate of drug-likeness (QED) is 0.454. The highest BCUT2D eigenvalue weighted by molar-refractivity contribution is 7.07. The molecule has 1 N–H and O–H groups in total. The van der Waals surface area contributed by atoms with Gasteiger partial charge < -0.3 is 5.32 Å². The first-order valence-electron chi connectivity index (χ1n) is 10.6. The summed E-state index contributed by atoms with van der Waals surface area (Å²) in [7, 11) is 0. The lowest BCUT2D eigenvalue weighted by molar-refractivity contribution is -0.115. The molecule has 4 aromatic rings. The molecule has 0 fully saturated rings. The smallest absolute Gasteiger partial charge is 0.273 e. The van der Waals surface area contributed by atoms with Crippen molar-refractivity contribution >= 4 is 40.5 Å². The van der Waals surface area contributed by atoms with E-state index in [0.717, 1.165) is 16.9 Å². The Bertz CT molecular complexity index is 1530. The maximum atomic E-state index is 13.4. The summed E-state index contributed by atoms with van der Waals surface area (Å²) < 4.78 is 2.05. The lowest BCUT2D eigenvalue weighted by Crippen LogP contribution is -2.34. The fourth-order valence-corrected chi connectivity index (χ4v) is 4.73. The van der Waals surface area contributed by atoms with Crippen molar-refractivity contribution in [3.63, 3.8) is 0 Å². The molecule has 0 aliphatic carbocycles.